The largest absolute Gasteiger partial charge is 1.00 e. The molecule has 0 radical (unpaired) electrons. The van der Waals surface area contributed by atoms with Crippen molar-refractivity contribution in [3.8, 4) is 0 Å². The second kappa shape index (κ2) is 4.07. The lowest BCUT2D eigenvalue weighted by atomic mass is 10.2. The minimum atomic E-state index is 0. The van der Waals surface area contributed by atoms with E-state index in [1.54, 1.807) is 11.8 Å². The summed E-state index contributed by atoms with van der Waals surface area (Å²) in [5.74, 6) is 1.09. The first-order chi connectivity index (χ1) is 5.40. The molecule has 0 amide bonds. The molecule has 1 aliphatic heterocycles. The topological polar surface area (TPSA) is 42.4 Å². The Kier molecular flexibility index (Phi) is 3.31. The summed E-state index contributed by atoms with van der Waals surface area (Å²) in [4.78, 5) is 0. The Balaban J connectivity index is 0.000000720. The van der Waals surface area contributed by atoms with Crippen LogP contribution in [0.5, 0.6) is 0 Å². The molecule has 0 saturated carbocycles. The molecule has 0 atom stereocenters. The average molecular weight is 204 g/mol. The van der Waals surface area contributed by atoms with E-state index in [0.717, 1.165) is 23.8 Å². The third-order valence-electron chi connectivity index (χ3n) is 1.84. The van der Waals surface area contributed by atoms with Crippen LogP contribution >= 0.6 is 11.8 Å². The number of nitrogens with two attached hydrogens (primary N) is 1. The van der Waals surface area contributed by atoms with E-state index < -0.39 is 0 Å². The first kappa shape index (κ1) is 9.77. The Hall–Kier alpha value is -0.320. The minimum absolute atomic E-state index is 0. The predicted molar refractivity (Wildman–Crippen MR) is 44.0 cm³/mol. The highest BCUT2D eigenvalue weighted by Crippen LogP contribution is 2.17. The molecule has 1 aromatic rings. The normalized spacial score (nSPS) is 13.8. The lowest BCUT2D eigenvalue weighted by Crippen LogP contribution is -3.00. The number of hydrogen-bond donors (Lipinski definition) is 1. The summed E-state index contributed by atoms with van der Waals surface area (Å²) in [6.07, 6.45) is 3.16. The molecule has 2 heterocycles. The van der Waals surface area contributed by atoms with Crippen LogP contribution in [0.15, 0.2) is 11.1 Å². The van der Waals surface area contributed by atoms with Gasteiger partial charge in [0.15, 0.2) is 0 Å². The summed E-state index contributed by atoms with van der Waals surface area (Å²) >= 11 is 1.65. The highest BCUT2D eigenvalue weighted by atomic mass is 35.5. The van der Waals surface area contributed by atoms with Gasteiger partial charge in [-0.3, -0.25) is 5.32 Å². The Morgan fingerprint density at radius 3 is 3.08 bits per heavy atom. The van der Waals surface area contributed by atoms with Gasteiger partial charge >= 0.3 is 0 Å². The molecule has 3 nitrogen and oxygen atoms in total. The smallest absolute Gasteiger partial charge is 0.247 e. The zero-order valence-corrected chi connectivity index (χ0v) is 8.32. The maximum Gasteiger partial charge on any atom is 0.247 e. The number of aromatic nitrogens is 2. The Morgan fingerprint density at radius 1 is 1.50 bits per heavy atom. The van der Waals surface area contributed by atoms with Crippen molar-refractivity contribution in [3.63, 3.8) is 0 Å². The quantitative estimate of drug-likeness (QED) is 0.494. The van der Waals surface area contributed by atoms with Crippen molar-refractivity contribution in [1.29, 1.82) is 0 Å². The maximum absolute atomic E-state index is 4.10. The van der Waals surface area contributed by atoms with Crippen LogP contribution in [0.4, 0.5) is 5.82 Å². The molecule has 0 aliphatic carbocycles. The van der Waals surface area contributed by atoms with Gasteiger partial charge in [-0.15, -0.1) is 16.9 Å². The summed E-state index contributed by atoms with van der Waals surface area (Å²) in [6, 6.07) is 2.14. The molecular weight excluding hydrogens is 194 g/mol. The van der Waals surface area contributed by atoms with Gasteiger partial charge in [0.1, 0.15) is 5.03 Å². The van der Waals surface area contributed by atoms with Crippen molar-refractivity contribution in [2.24, 2.45) is 0 Å². The molecule has 12 heavy (non-hydrogen) atoms. The standard InChI is InChI=1S/C7H9N3S.ClH/c1-11-6-4-5-2-3-8-7(5)10-9-6;/h4H,2-3H2,1H3,(H,8,10);1H. The predicted octanol–water partition coefficient (Wildman–Crippen LogP) is -3.05. The fraction of sp³-hybridized carbons (Fsp3) is 0.429. The van der Waals surface area contributed by atoms with Crippen LogP contribution in [0.1, 0.15) is 5.56 Å². The van der Waals surface area contributed by atoms with Gasteiger partial charge in [0.05, 0.1) is 6.54 Å². The van der Waals surface area contributed by atoms with Crippen LogP contribution < -0.4 is 17.7 Å². The number of rotatable bonds is 1. The summed E-state index contributed by atoms with van der Waals surface area (Å²) in [6.45, 7) is 1.13. The fourth-order valence-corrected chi connectivity index (χ4v) is 1.64. The molecule has 1 aromatic heterocycles. The van der Waals surface area contributed by atoms with Crippen molar-refractivity contribution in [1.82, 2.24) is 10.2 Å². The van der Waals surface area contributed by atoms with E-state index in [1.165, 1.54) is 5.56 Å². The van der Waals surface area contributed by atoms with Gasteiger partial charge in [0.2, 0.25) is 5.82 Å². The molecule has 0 aromatic carbocycles. The van der Waals surface area contributed by atoms with Crippen LogP contribution in [0.3, 0.4) is 0 Å². The summed E-state index contributed by atoms with van der Waals surface area (Å²) in [5.41, 5.74) is 1.35. The molecule has 0 unspecified atom stereocenters. The first-order valence-electron chi connectivity index (χ1n) is 3.64. The minimum Gasteiger partial charge on any atom is -1.00 e. The Labute approximate surface area is 81.8 Å². The molecule has 0 fully saturated rings. The van der Waals surface area contributed by atoms with E-state index in [9.17, 15) is 0 Å². The van der Waals surface area contributed by atoms with Gasteiger partial charge < -0.3 is 12.4 Å². The number of halogens is 1. The average Bonchev–Trinajstić information content (AvgIpc) is 2.50. The fourth-order valence-electron chi connectivity index (χ4n) is 1.26. The van der Waals surface area contributed by atoms with E-state index >= 15 is 0 Å². The van der Waals surface area contributed by atoms with Gasteiger partial charge in [-0.05, 0) is 12.3 Å². The number of hydrogen-bond acceptors (Lipinski definition) is 3. The molecule has 66 valence electrons. The van der Waals surface area contributed by atoms with Gasteiger partial charge in [-0.1, -0.05) is 5.10 Å². The number of quaternary nitrogens is 1. The van der Waals surface area contributed by atoms with Crippen LogP contribution in [0.2, 0.25) is 0 Å². The summed E-state index contributed by atoms with van der Waals surface area (Å²) < 4.78 is 0. The van der Waals surface area contributed by atoms with E-state index in [2.05, 4.69) is 21.6 Å². The van der Waals surface area contributed by atoms with E-state index in [0.29, 0.717) is 0 Å². The van der Waals surface area contributed by atoms with Crippen LogP contribution in [0, 0.1) is 0 Å². The first-order valence-corrected chi connectivity index (χ1v) is 4.86. The van der Waals surface area contributed by atoms with Crippen molar-refractivity contribution < 1.29 is 17.7 Å². The molecule has 0 saturated heterocycles. The Morgan fingerprint density at radius 2 is 2.33 bits per heavy atom. The molecular formula is C7H10ClN3S. The highest BCUT2D eigenvalue weighted by molar-refractivity contribution is 7.98. The number of fused-ring (bicyclic) bond motifs is 1. The monoisotopic (exact) mass is 203 g/mol. The SMILES string of the molecule is CSc1cc2c(nn1)[NH2+]CC2.[Cl-]. The molecule has 2 rings (SSSR count). The zero-order valence-electron chi connectivity index (χ0n) is 6.75. The van der Waals surface area contributed by atoms with Gasteiger partial charge in [-0.25, -0.2) is 0 Å². The van der Waals surface area contributed by atoms with Crippen LogP contribution in [-0.2, 0) is 6.42 Å². The molecule has 0 bridgehead atoms. The second-order valence-electron chi connectivity index (χ2n) is 2.54. The lowest BCUT2D eigenvalue weighted by Gasteiger charge is -1.94. The van der Waals surface area contributed by atoms with Crippen molar-refractivity contribution >= 4 is 17.6 Å². The van der Waals surface area contributed by atoms with Crippen LogP contribution in [-0.4, -0.2) is 23.0 Å². The molecule has 2 N–H and O–H groups in total. The van der Waals surface area contributed by atoms with Gasteiger partial charge in [-0.2, -0.15) is 0 Å². The van der Waals surface area contributed by atoms with Gasteiger partial charge in [0.25, 0.3) is 0 Å². The van der Waals surface area contributed by atoms with Crippen molar-refractivity contribution in [2.45, 2.75) is 11.4 Å². The second-order valence-corrected chi connectivity index (χ2v) is 3.37. The number of nitrogens with zero attached hydrogens (tertiary/aromatic N) is 2. The maximum atomic E-state index is 4.10. The zero-order chi connectivity index (χ0) is 7.68. The van der Waals surface area contributed by atoms with Crippen molar-refractivity contribution in [2.75, 3.05) is 12.8 Å². The molecule has 5 heteroatoms. The van der Waals surface area contributed by atoms with Gasteiger partial charge in [0, 0.05) is 12.0 Å². The third-order valence-corrected chi connectivity index (χ3v) is 2.46. The molecule has 1 aliphatic rings. The highest BCUT2D eigenvalue weighted by Gasteiger charge is 2.16. The third kappa shape index (κ3) is 1.71. The Bertz CT molecular complexity index is 279. The summed E-state index contributed by atoms with van der Waals surface area (Å²) in [5, 5.41) is 11.3. The van der Waals surface area contributed by atoms with E-state index in [1.807, 2.05) is 6.26 Å². The van der Waals surface area contributed by atoms with E-state index in [4.69, 9.17) is 0 Å². The summed E-state index contributed by atoms with van der Waals surface area (Å²) in [7, 11) is 0. The van der Waals surface area contributed by atoms with Crippen LogP contribution in [0.25, 0.3) is 0 Å². The number of thioether (sulfide) groups is 1. The molecule has 0 spiro atoms. The van der Waals surface area contributed by atoms with Crippen molar-refractivity contribution in [3.05, 3.63) is 11.6 Å². The lowest BCUT2D eigenvalue weighted by molar-refractivity contribution is -0.565. The van der Waals surface area contributed by atoms with E-state index in [-0.39, 0.29) is 12.4 Å².